The Hall–Kier alpha value is -3.33. The third-order valence-electron chi connectivity index (χ3n) is 5.36. The summed E-state index contributed by atoms with van der Waals surface area (Å²) < 4.78 is 50.2. The lowest BCUT2D eigenvalue weighted by molar-refractivity contribution is -0.137. The lowest BCUT2D eigenvalue weighted by Crippen LogP contribution is -2.32. The largest absolute Gasteiger partial charge is 0.497 e. The molecule has 0 saturated heterocycles. The summed E-state index contributed by atoms with van der Waals surface area (Å²) in [5, 5.41) is 2.83. The number of hydrogen-bond acceptors (Lipinski definition) is 5. The molecule has 1 amide bonds. The van der Waals surface area contributed by atoms with Gasteiger partial charge in [0.25, 0.3) is 5.91 Å². The summed E-state index contributed by atoms with van der Waals surface area (Å²) in [5.74, 6) is 0.677. The van der Waals surface area contributed by atoms with Crippen molar-refractivity contribution >= 4 is 5.91 Å². The monoisotopic (exact) mass is 475 g/mol. The minimum Gasteiger partial charge on any atom is -0.497 e. The van der Waals surface area contributed by atoms with Crippen molar-refractivity contribution in [2.75, 3.05) is 7.11 Å². The van der Waals surface area contributed by atoms with E-state index < -0.39 is 11.7 Å². The van der Waals surface area contributed by atoms with Crippen molar-refractivity contribution in [1.82, 2.24) is 15.2 Å². The number of hydrogen-bond donors (Lipinski definition) is 1. The average molecular weight is 476 g/mol. The van der Waals surface area contributed by atoms with Gasteiger partial charge in [-0.15, -0.1) is 0 Å². The molecule has 0 spiro atoms. The second-order valence-corrected chi connectivity index (χ2v) is 8.10. The number of benzene rings is 2. The van der Waals surface area contributed by atoms with Crippen LogP contribution >= 0.6 is 0 Å². The summed E-state index contributed by atoms with van der Waals surface area (Å²) in [6.45, 7) is 4.72. The first-order chi connectivity index (χ1) is 16.2. The lowest BCUT2D eigenvalue weighted by atomic mass is 10.1. The van der Waals surface area contributed by atoms with E-state index in [-0.39, 0.29) is 30.7 Å². The molecule has 3 aromatic rings. The number of rotatable bonds is 10. The van der Waals surface area contributed by atoms with Crippen molar-refractivity contribution in [2.45, 2.75) is 52.1 Å². The number of aromatic nitrogens is 1. The van der Waals surface area contributed by atoms with Crippen LogP contribution in [0, 0.1) is 0 Å². The lowest BCUT2D eigenvalue weighted by Gasteiger charge is -2.22. The number of oxazole rings is 1. The highest BCUT2D eigenvalue weighted by molar-refractivity contribution is 5.92. The SMILES string of the molecule is CC[C@H](C)NC(=O)c1coc(CN(Cc2ccc(OC)cc2)Cc2cccc(C(F)(F)F)c2)n1. The van der Waals surface area contributed by atoms with E-state index >= 15 is 0 Å². The van der Waals surface area contributed by atoms with Crippen LogP contribution in [0.5, 0.6) is 5.75 Å². The van der Waals surface area contributed by atoms with E-state index in [1.165, 1.54) is 12.3 Å². The molecule has 1 N–H and O–H groups in total. The first-order valence-corrected chi connectivity index (χ1v) is 10.9. The highest BCUT2D eigenvalue weighted by atomic mass is 19.4. The fourth-order valence-electron chi connectivity index (χ4n) is 3.34. The molecule has 1 heterocycles. The van der Waals surface area contributed by atoms with Gasteiger partial charge in [-0.25, -0.2) is 4.98 Å². The maximum Gasteiger partial charge on any atom is 0.416 e. The number of amides is 1. The second-order valence-electron chi connectivity index (χ2n) is 8.10. The first-order valence-electron chi connectivity index (χ1n) is 10.9. The molecule has 0 saturated carbocycles. The molecule has 0 aliphatic heterocycles. The van der Waals surface area contributed by atoms with E-state index in [4.69, 9.17) is 9.15 Å². The molecule has 3 rings (SSSR count). The summed E-state index contributed by atoms with van der Waals surface area (Å²) in [6, 6.07) is 12.6. The topological polar surface area (TPSA) is 67.6 Å². The quantitative estimate of drug-likeness (QED) is 0.423. The molecular weight excluding hydrogens is 447 g/mol. The minimum atomic E-state index is -4.42. The maximum absolute atomic E-state index is 13.2. The Morgan fingerprint density at radius 2 is 1.82 bits per heavy atom. The van der Waals surface area contributed by atoms with Crippen LogP contribution in [0.25, 0.3) is 0 Å². The van der Waals surface area contributed by atoms with Crippen LogP contribution in [-0.2, 0) is 25.8 Å². The van der Waals surface area contributed by atoms with Crippen molar-refractivity contribution in [3.05, 3.63) is 83.1 Å². The molecule has 34 heavy (non-hydrogen) atoms. The molecule has 0 radical (unpaired) electrons. The highest BCUT2D eigenvalue weighted by Gasteiger charge is 2.30. The zero-order valence-corrected chi connectivity index (χ0v) is 19.4. The fourth-order valence-corrected chi connectivity index (χ4v) is 3.34. The van der Waals surface area contributed by atoms with Crippen LogP contribution in [0.1, 0.15) is 53.3 Å². The zero-order chi connectivity index (χ0) is 24.7. The minimum absolute atomic E-state index is 0.000120. The predicted molar refractivity (Wildman–Crippen MR) is 121 cm³/mol. The van der Waals surface area contributed by atoms with Gasteiger partial charge in [0.1, 0.15) is 12.0 Å². The zero-order valence-electron chi connectivity index (χ0n) is 19.4. The molecule has 1 aromatic heterocycles. The molecule has 0 bridgehead atoms. The maximum atomic E-state index is 13.2. The van der Waals surface area contributed by atoms with Gasteiger partial charge >= 0.3 is 6.18 Å². The summed E-state index contributed by atoms with van der Waals surface area (Å²) in [5.41, 5.74) is 0.909. The number of nitrogens with zero attached hydrogens (tertiary/aromatic N) is 2. The van der Waals surface area contributed by atoms with E-state index in [0.29, 0.717) is 23.7 Å². The van der Waals surface area contributed by atoms with Crippen molar-refractivity contribution in [3.8, 4) is 5.75 Å². The third-order valence-corrected chi connectivity index (χ3v) is 5.36. The molecule has 0 fully saturated rings. The van der Waals surface area contributed by atoms with Crippen molar-refractivity contribution in [3.63, 3.8) is 0 Å². The molecule has 6 nitrogen and oxygen atoms in total. The van der Waals surface area contributed by atoms with E-state index in [9.17, 15) is 18.0 Å². The van der Waals surface area contributed by atoms with E-state index in [1.54, 1.807) is 13.2 Å². The Labute approximate surface area is 196 Å². The van der Waals surface area contributed by atoms with Crippen LogP contribution < -0.4 is 10.1 Å². The second kappa shape index (κ2) is 11.2. The van der Waals surface area contributed by atoms with E-state index in [2.05, 4.69) is 10.3 Å². The van der Waals surface area contributed by atoms with Gasteiger partial charge in [0, 0.05) is 19.1 Å². The Kier molecular flexibility index (Phi) is 8.33. The molecular formula is C25H28F3N3O3. The van der Waals surface area contributed by atoms with Crippen LogP contribution in [0.2, 0.25) is 0 Å². The number of ether oxygens (including phenoxy) is 1. The number of methoxy groups -OCH3 is 1. The summed E-state index contributed by atoms with van der Waals surface area (Å²) >= 11 is 0. The number of alkyl halides is 3. The molecule has 2 aromatic carbocycles. The van der Waals surface area contributed by atoms with Gasteiger partial charge in [0.05, 0.1) is 19.2 Å². The Bertz CT molecular complexity index is 1080. The van der Waals surface area contributed by atoms with E-state index in [0.717, 1.165) is 24.1 Å². The molecule has 9 heteroatoms. The van der Waals surface area contributed by atoms with Gasteiger partial charge in [-0.3, -0.25) is 9.69 Å². The third kappa shape index (κ3) is 7.08. The summed E-state index contributed by atoms with van der Waals surface area (Å²) in [6.07, 6.45) is -2.34. The number of carbonyl (C=O) groups excluding carboxylic acids is 1. The smallest absolute Gasteiger partial charge is 0.416 e. The molecule has 1 atom stereocenters. The van der Waals surface area contributed by atoms with Crippen molar-refractivity contribution in [1.29, 1.82) is 0 Å². The molecule has 0 aliphatic carbocycles. The van der Waals surface area contributed by atoms with Crippen LogP contribution in [0.3, 0.4) is 0 Å². The summed E-state index contributed by atoms with van der Waals surface area (Å²) in [7, 11) is 1.58. The van der Waals surface area contributed by atoms with E-state index in [1.807, 2.05) is 43.0 Å². The summed E-state index contributed by atoms with van der Waals surface area (Å²) in [4.78, 5) is 18.5. The number of halogens is 3. The van der Waals surface area contributed by atoms with Crippen LogP contribution in [0.15, 0.2) is 59.2 Å². The average Bonchev–Trinajstić information content (AvgIpc) is 3.27. The van der Waals surface area contributed by atoms with Crippen molar-refractivity contribution in [2.24, 2.45) is 0 Å². The van der Waals surface area contributed by atoms with Gasteiger partial charge in [-0.05, 0) is 42.7 Å². The Balaban J connectivity index is 1.80. The van der Waals surface area contributed by atoms with Crippen LogP contribution in [-0.4, -0.2) is 28.9 Å². The Morgan fingerprint density at radius 3 is 2.47 bits per heavy atom. The highest BCUT2D eigenvalue weighted by Crippen LogP contribution is 2.30. The normalized spacial score (nSPS) is 12.6. The van der Waals surface area contributed by atoms with Gasteiger partial charge in [0.2, 0.25) is 5.89 Å². The molecule has 0 aliphatic rings. The van der Waals surface area contributed by atoms with Crippen molar-refractivity contribution < 1.29 is 27.1 Å². The van der Waals surface area contributed by atoms with Gasteiger partial charge < -0.3 is 14.5 Å². The van der Waals surface area contributed by atoms with Gasteiger partial charge in [-0.1, -0.05) is 37.3 Å². The first kappa shape index (κ1) is 25.3. The predicted octanol–water partition coefficient (Wildman–Crippen LogP) is 5.43. The number of carbonyl (C=O) groups is 1. The fraction of sp³-hybridized carbons (Fsp3) is 0.360. The standard InChI is InChI=1S/C25H28F3N3O3/c1-4-17(2)29-24(32)22-16-34-23(30-22)15-31(13-18-8-10-21(33-3)11-9-18)14-19-6-5-7-20(12-19)25(26,27)28/h5-12,16-17H,4,13-15H2,1-3H3,(H,29,32)/t17-/m0/s1. The molecule has 182 valence electrons. The van der Waals surface area contributed by atoms with Gasteiger partial charge in [-0.2, -0.15) is 13.2 Å². The van der Waals surface area contributed by atoms with Gasteiger partial charge in [0.15, 0.2) is 5.69 Å². The van der Waals surface area contributed by atoms with Crippen LogP contribution in [0.4, 0.5) is 13.2 Å². The Morgan fingerprint density at radius 1 is 1.12 bits per heavy atom. The number of nitrogens with one attached hydrogen (secondary N) is 1. The molecule has 0 unspecified atom stereocenters.